The van der Waals surface area contributed by atoms with Gasteiger partial charge in [-0.3, -0.25) is 0 Å². The van der Waals surface area contributed by atoms with E-state index in [-0.39, 0.29) is 11.5 Å². The van der Waals surface area contributed by atoms with Crippen molar-refractivity contribution in [2.24, 2.45) is 23.7 Å². The molecule has 0 amide bonds. The summed E-state index contributed by atoms with van der Waals surface area (Å²) in [5, 5.41) is 8.92. The molecule has 0 aromatic heterocycles. The van der Waals surface area contributed by atoms with Crippen molar-refractivity contribution < 1.29 is 0 Å². The first-order valence-corrected chi connectivity index (χ1v) is 4.91. The third-order valence-corrected chi connectivity index (χ3v) is 4.41. The van der Waals surface area contributed by atoms with E-state index < -0.39 is 0 Å². The van der Waals surface area contributed by atoms with Crippen LogP contribution in [0.4, 0.5) is 0 Å². The number of fused-ring (bicyclic) bond motifs is 2. The second-order valence-electron chi connectivity index (χ2n) is 4.69. The van der Waals surface area contributed by atoms with Crippen LogP contribution in [0.25, 0.3) is 4.85 Å². The molecule has 2 heteroatoms. The minimum absolute atomic E-state index is 0.169. The largest absolute Gasteiger partial charge is 0.310 e. The van der Waals surface area contributed by atoms with Crippen LogP contribution in [0.2, 0.25) is 0 Å². The van der Waals surface area contributed by atoms with Gasteiger partial charge in [0, 0.05) is 18.8 Å². The first kappa shape index (κ1) is 8.57. The Balaban J connectivity index is 2.30. The van der Waals surface area contributed by atoms with Crippen LogP contribution in [0, 0.1) is 41.6 Å². The van der Waals surface area contributed by atoms with E-state index >= 15 is 0 Å². The molecule has 2 fully saturated rings. The van der Waals surface area contributed by atoms with E-state index in [1.165, 1.54) is 0 Å². The Morgan fingerprint density at radius 1 is 1.54 bits per heavy atom. The number of hydrogen-bond donors (Lipinski definition) is 0. The van der Waals surface area contributed by atoms with Crippen LogP contribution in [0.1, 0.15) is 26.7 Å². The van der Waals surface area contributed by atoms with Crippen molar-refractivity contribution >= 4 is 0 Å². The molecule has 68 valence electrons. The number of nitrogens with zero attached hydrogens (tertiary/aromatic N) is 2. The maximum absolute atomic E-state index is 8.92. The average molecular weight is 174 g/mol. The fraction of sp³-hybridized carbons (Fsp3) is 0.818. The summed E-state index contributed by atoms with van der Waals surface area (Å²) < 4.78 is 0. The van der Waals surface area contributed by atoms with Crippen LogP contribution < -0.4 is 0 Å². The molecular weight excluding hydrogens is 160 g/mol. The average Bonchev–Trinajstić information content (AvgIpc) is 2.66. The molecule has 5 unspecified atom stereocenters. The van der Waals surface area contributed by atoms with E-state index in [2.05, 4.69) is 24.8 Å². The molecule has 5 atom stereocenters. The second kappa shape index (κ2) is 2.48. The Bertz CT molecular complexity index is 305. The van der Waals surface area contributed by atoms with Crippen molar-refractivity contribution in [3.63, 3.8) is 0 Å². The standard InChI is InChI=1S/C11H14N2/c1-7-10-5-9(4-8(10)6-12)11(7,2)13-3/h7-10H,4-5H2,1-2H3. The van der Waals surface area contributed by atoms with E-state index in [0.717, 1.165) is 12.8 Å². The lowest BCUT2D eigenvalue weighted by molar-refractivity contribution is 0.216. The quantitative estimate of drug-likeness (QED) is 0.518. The molecular formula is C11H14N2. The molecule has 2 aliphatic rings. The van der Waals surface area contributed by atoms with Crippen molar-refractivity contribution in [3.05, 3.63) is 11.4 Å². The van der Waals surface area contributed by atoms with Gasteiger partial charge in [0.25, 0.3) is 0 Å². The van der Waals surface area contributed by atoms with E-state index in [0.29, 0.717) is 17.8 Å². The fourth-order valence-corrected chi connectivity index (χ4v) is 3.25. The SMILES string of the molecule is [C-]#[N+]C1(C)C2CC(C#N)C(C2)C1C. The Hall–Kier alpha value is -1.02. The van der Waals surface area contributed by atoms with E-state index in [1.54, 1.807) is 0 Å². The molecule has 2 saturated carbocycles. The van der Waals surface area contributed by atoms with Gasteiger partial charge in [-0.2, -0.15) is 5.26 Å². The predicted octanol–water partition coefficient (Wildman–Crippen LogP) is 2.48. The van der Waals surface area contributed by atoms with Gasteiger partial charge in [-0.15, -0.1) is 0 Å². The topological polar surface area (TPSA) is 28.1 Å². The minimum atomic E-state index is -0.169. The van der Waals surface area contributed by atoms with Gasteiger partial charge in [0.15, 0.2) is 0 Å². The Kier molecular flexibility index (Phi) is 1.64. The van der Waals surface area contributed by atoms with Crippen LogP contribution in [-0.4, -0.2) is 5.54 Å². The van der Waals surface area contributed by atoms with Gasteiger partial charge in [0.05, 0.1) is 12.0 Å². The van der Waals surface area contributed by atoms with Crippen molar-refractivity contribution in [1.82, 2.24) is 0 Å². The maximum atomic E-state index is 8.92. The third kappa shape index (κ3) is 0.866. The lowest BCUT2D eigenvalue weighted by Crippen LogP contribution is -2.38. The summed E-state index contributed by atoms with van der Waals surface area (Å²) in [6.07, 6.45) is 2.07. The number of rotatable bonds is 0. The second-order valence-corrected chi connectivity index (χ2v) is 4.69. The molecule has 2 rings (SSSR count). The number of hydrogen-bond acceptors (Lipinski definition) is 1. The summed E-state index contributed by atoms with van der Waals surface area (Å²) in [5.74, 6) is 1.62. The smallest absolute Gasteiger partial charge is 0.235 e. The molecule has 0 aromatic rings. The molecule has 2 bridgehead atoms. The molecule has 0 heterocycles. The van der Waals surface area contributed by atoms with Gasteiger partial charge >= 0.3 is 0 Å². The highest BCUT2D eigenvalue weighted by Gasteiger charge is 2.62. The zero-order chi connectivity index (χ0) is 9.64. The molecule has 0 saturated heterocycles. The molecule has 0 radical (unpaired) electrons. The summed E-state index contributed by atoms with van der Waals surface area (Å²) in [6.45, 7) is 11.5. The van der Waals surface area contributed by atoms with Gasteiger partial charge in [-0.05, 0) is 18.8 Å². The predicted molar refractivity (Wildman–Crippen MR) is 49.5 cm³/mol. The zero-order valence-corrected chi connectivity index (χ0v) is 8.12. The zero-order valence-electron chi connectivity index (χ0n) is 8.12. The van der Waals surface area contributed by atoms with Crippen LogP contribution in [0.15, 0.2) is 0 Å². The van der Waals surface area contributed by atoms with Gasteiger partial charge in [-0.25, -0.2) is 6.57 Å². The van der Waals surface area contributed by atoms with Crippen molar-refractivity contribution in [1.29, 1.82) is 5.26 Å². The van der Waals surface area contributed by atoms with Gasteiger partial charge in [0.2, 0.25) is 5.54 Å². The molecule has 0 aliphatic heterocycles. The van der Waals surface area contributed by atoms with Gasteiger partial charge in [0.1, 0.15) is 0 Å². The minimum Gasteiger partial charge on any atom is -0.310 e. The molecule has 2 aliphatic carbocycles. The molecule has 0 N–H and O–H groups in total. The number of nitriles is 1. The summed E-state index contributed by atoms with van der Waals surface area (Å²) in [5.41, 5.74) is -0.169. The van der Waals surface area contributed by atoms with Crippen molar-refractivity contribution in [2.45, 2.75) is 32.2 Å². The fourth-order valence-electron chi connectivity index (χ4n) is 3.25. The van der Waals surface area contributed by atoms with Crippen molar-refractivity contribution in [3.8, 4) is 6.07 Å². The normalized spacial score (nSPS) is 52.9. The summed E-state index contributed by atoms with van der Waals surface area (Å²) in [6, 6.07) is 2.38. The monoisotopic (exact) mass is 174 g/mol. The first-order valence-electron chi connectivity index (χ1n) is 4.91. The highest BCUT2D eigenvalue weighted by atomic mass is 14.9. The van der Waals surface area contributed by atoms with E-state index in [1.807, 2.05) is 0 Å². The Morgan fingerprint density at radius 2 is 2.23 bits per heavy atom. The summed E-state index contributed by atoms with van der Waals surface area (Å²) in [7, 11) is 0. The first-order chi connectivity index (χ1) is 6.13. The molecule has 2 nitrogen and oxygen atoms in total. The van der Waals surface area contributed by atoms with Gasteiger partial charge in [-0.1, -0.05) is 6.92 Å². The Morgan fingerprint density at radius 3 is 2.69 bits per heavy atom. The lowest BCUT2D eigenvalue weighted by atomic mass is 9.71. The Labute approximate surface area is 79.4 Å². The molecule has 0 spiro atoms. The lowest BCUT2D eigenvalue weighted by Gasteiger charge is -2.30. The highest BCUT2D eigenvalue weighted by Crippen LogP contribution is 2.58. The maximum Gasteiger partial charge on any atom is 0.235 e. The van der Waals surface area contributed by atoms with Crippen LogP contribution >= 0.6 is 0 Å². The van der Waals surface area contributed by atoms with Crippen LogP contribution in [0.3, 0.4) is 0 Å². The third-order valence-electron chi connectivity index (χ3n) is 4.41. The summed E-state index contributed by atoms with van der Waals surface area (Å²) >= 11 is 0. The molecule has 0 aromatic carbocycles. The highest BCUT2D eigenvalue weighted by molar-refractivity contribution is 5.18. The van der Waals surface area contributed by atoms with Gasteiger partial charge < -0.3 is 4.85 Å². The van der Waals surface area contributed by atoms with E-state index in [4.69, 9.17) is 11.8 Å². The van der Waals surface area contributed by atoms with E-state index in [9.17, 15) is 0 Å². The summed E-state index contributed by atoms with van der Waals surface area (Å²) in [4.78, 5) is 3.79. The van der Waals surface area contributed by atoms with Crippen molar-refractivity contribution in [2.75, 3.05) is 0 Å². The van der Waals surface area contributed by atoms with Crippen LogP contribution in [0.5, 0.6) is 0 Å². The van der Waals surface area contributed by atoms with Crippen LogP contribution in [-0.2, 0) is 0 Å². The molecule has 13 heavy (non-hydrogen) atoms.